The van der Waals surface area contributed by atoms with E-state index in [1.165, 1.54) is 0 Å². The van der Waals surface area contributed by atoms with Crippen molar-refractivity contribution in [2.24, 2.45) is 5.92 Å². The Morgan fingerprint density at radius 2 is 1.88 bits per heavy atom. The lowest BCUT2D eigenvalue weighted by molar-refractivity contribution is -0.00746. The fourth-order valence-electron chi connectivity index (χ4n) is 3.77. The summed E-state index contributed by atoms with van der Waals surface area (Å²) in [6.45, 7) is 8.03. The van der Waals surface area contributed by atoms with Crippen LogP contribution in [0.25, 0.3) is 0 Å². The molecular weight excluding hydrogens is 316 g/mol. The van der Waals surface area contributed by atoms with E-state index in [9.17, 15) is 9.90 Å². The van der Waals surface area contributed by atoms with Gasteiger partial charge in [-0.05, 0) is 49.4 Å². The number of ether oxygens (including phenoxy) is 1. The highest BCUT2D eigenvalue weighted by Gasteiger charge is 2.28. The molecule has 5 nitrogen and oxygen atoms in total. The summed E-state index contributed by atoms with van der Waals surface area (Å²) in [5.41, 5.74) is 1.88. The van der Waals surface area contributed by atoms with Crippen molar-refractivity contribution in [2.75, 3.05) is 37.7 Å². The predicted octanol–water partition coefficient (Wildman–Crippen LogP) is 2.53. The molecule has 0 spiro atoms. The molecule has 5 heteroatoms. The number of carbonyl (C=O) groups is 1. The zero-order chi connectivity index (χ0) is 17.8. The standard InChI is InChI=1S/C20H30N2O3/c1-15(2)13-18-14-25-12-11-22(18)20(24)16-3-5-17(6-4-16)21-9-7-19(23)8-10-21/h3-6,15,18-19,23H,7-14H2,1-2H3. The van der Waals surface area contributed by atoms with Crippen LogP contribution in [0.5, 0.6) is 0 Å². The molecule has 1 N–H and O–H groups in total. The third-order valence-electron chi connectivity index (χ3n) is 5.18. The van der Waals surface area contributed by atoms with Crippen molar-refractivity contribution in [3.8, 4) is 0 Å². The van der Waals surface area contributed by atoms with Crippen LogP contribution in [-0.2, 0) is 4.74 Å². The first-order valence-electron chi connectivity index (χ1n) is 9.46. The van der Waals surface area contributed by atoms with E-state index in [1.807, 2.05) is 29.2 Å². The molecule has 0 saturated carbocycles. The Bertz CT molecular complexity index is 565. The van der Waals surface area contributed by atoms with Crippen molar-refractivity contribution in [1.29, 1.82) is 0 Å². The van der Waals surface area contributed by atoms with Gasteiger partial charge in [0.1, 0.15) is 0 Å². The molecule has 1 atom stereocenters. The first-order valence-corrected chi connectivity index (χ1v) is 9.46. The van der Waals surface area contributed by atoms with E-state index in [0.29, 0.717) is 25.7 Å². The third kappa shape index (κ3) is 4.53. The van der Waals surface area contributed by atoms with Gasteiger partial charge in [0.15, 0.2) is 0 Å². The topological polar surface area (TPSA) is 53.0 Å². The molecule has 2 saturated heterocycles. The maximum absolute atomic E-state index is 12.9. The summed E-state index contributed by atoms with van der Waals surface area (Å²) in [5.74, 6) is 0.647. The maximum Gasteiger partial charge on any atom is 0.254 e. The van der Waals surface area contributed by atoms with Crippen molar-refractivity contribution >= 4 is 11.6 Å². The van der Waals surface area contributed by atoms with E-state index in [4.69, 9.17) is 4.74 Å². The van der Waals surface area contributed by atoms with E-state index in [2.05, 4.69) is 18.7 Å². The summed E-state index contributed by atoms with van der Waals surface area (Å²) in [7, 11) is 0. The number of anilines is 1. The second kappa shape index (κ2) is 8.19. The minimum Gasteiger partial charge on any atom is -0.393 e. The number of morpholine rings is 1. The lowest BCUT2D eigenvalue weighted by Crippen LogP contribution is -2.49. The lowest BCUT2D eigenvalue weighted by atomic mass is 10.0. The fourth-order valence-corrected chi connectivity index (χ4v) is 3.77. The Hall–Kier alpha value is -1.59. The number of rotatable bonds is 4. The smallest absolute Gasteiger partial charge is 0.254 e. The van der Waals surface area contributed by atoms with E-state index < -0.39 is 0 Å². The second-order valence-electron chi connectivity index (χ2n) is 7.62. The van der Waals surface area contributed by atoms with Gasteiger partial charge in [0.25, 0.3) is 5.91 Å². The molecule has 2 aliphatic heterocycles. The monoisotopic (exact) mass is 346 g/mol. The van der Waals surface area contributed by atoms with Crippen LogP contribution in [0.1, 0.15) is 43.5 Å². The summed E-state index contributed by atoms with van der Waals surface area (Å²) in [5, 5.41) is 9.64. The van der Waals surface area contributed by atoms with Gasteiger partial charge in [-0.1, -0.05) is 13.8 Å². The molecule has 0 aromatic heterocycles. The van der Waals surface area contributed by atoms with Gasteiger partial charge >= 0.3 is 0 Å². The predicted molar refractivity (Wildman–Crippen MR) is 99.0 cm³/mol. The molecule has 1 amide bonds. The van der Waals surface area contributed by atoms with Gasteiger partial charge in [0.2, 0.25) is 0 Å². The van der Waals surface area contributed by atoms with Gasteiger partial charge in [-0.25, -0.2) is 0 Å². The van der Waals surface area contributed by atoms with E-state index in [0.717, 1.165) is 43.6 Å². The molecule has 1 aromatic carbocycles. The van der Waals surface area contributed by atoms with Gasteiger partial charge in [-0.3, -0.25) is 4.79 Å². The molecule has 0 bridgehead atoms. The largest absolute Gasteiger partial charge is 0.393 e. The minimum atomic E-state index is -0.170. The van der Waals surface area contributed by atoms with Crippen LogP contribution < -0.4 is 4.90 Å². The molecule has 2 fully saturated rings. The summed E-state index contributed by atoms with van der Waals surface area (Å²) in [4.78, 5) is 17.2. The zero-order valence-electron chi connectivity index (χ0n) is 15.4. The summed E-state index contributed by atoms with van der Waals surface area (Å²) >= 11 is 0. The number of carbonyl (C=O) groups excluding carboxylic acids is 1. The summed E-state index contributed by atoms with van der Waals surface area (Å²) < 4.78 is 5.59. The molecule has 0 aliphatic carbocycles. The normalized spacial score (nSPS) is 22.5. The molecule has 138 valence electrons. The van der Waals surface area contributed by atoms with Gasteiger partial charge in [0.05, 0.1) is 25.4 Å². The van der Waals surface area contributed by atoms with Crippen LogP contribution >= 0.6 is 0 Å². The first kappa shape index (κ1) is 18.2. The number of benzene rings is 1. The molecule has 0 radical (unpaired) electrons. The first-order chi connectivity index (χ1) is 12.0. The summed E-state index contributed by atoms with van der Waals surface area (Å²) in [6.07, 6.45) is 2.42. The molecule has 25 heavy (non-hydrogen) atoms. The van der Waals surface area contributed by atoms with Crippen molar-refractivity contribution in [1.82, 2.24) is 4.90 Å². The quantitative estimate of drug-likeness (QED) is 0.910. The highest BCUT2D eigenvalue weighted by atomic mass is 16.5. The van der Waals surface area contributed by atoms with E-state index >= 15 is 0 Å². The number of nitrogens with zero attached hydrogens (tertiary/aromatic N) is 2. The molecule has 1 unspecified atom stereocenters. The SMILES string of the molecule is CC(C)CC1COCCN1C(=O)c1ccc(N2CCC(O)CC2)cc1. The molecular formula is C20H30N2O3. The van der Waals surface area contributed by atoms with Crippen LogP contribution in [0.4, 0.5) is 5.69 Å². The van der Waals surface area contributed by atoms with Crippen LogP contribution in [0.15, 0.2) is 24.3 Å². The minimum absolute atomic E-state index is 0.106. The lowest BCUT2D eigenvalue weighted by Gasteiger charge is -2.36. The number of hydrogen-bond donors (Lipinski definition) is 1. The van der Waals surface area contributed by atoms with Crippen LogP contribution in [-0.4, -0.2) is 60.9 Å². The highest BCUT2D eigenvalue weighted by Crippen LogP contribution is 2.23. The van der Waals surface area contributed by atoms with Crippen molar-refractivity contribution in [2.45, 2.75) is 45.3 Å². The van der Waals surface area contributed by atoms with Crippen molar-refractivity contribution < 1.29 is 14.6 Å². The van der Waals surface area contributed by atoms with Crippen LogP contribution in [0, 0.1) is 5.92 Å². The van der Waals surface area contributed by atoms with Gasteiger partial charge < -0.3 is 19.6 Å². The van der Waals surface area contributed by atoms with Gasteiger partial charge in [-0.2, -0.15) is 0 Å². The van der Waals surface area contributed by atoms with Crippen LogP contribution in [0.3, 0.4) is 0 Å². The molecule has 2 aliphatic rings. The Morgan fingerprint density at radius 1 is 1.20 bits per heavy atom. The number of piperidine rings is 1. The highest BCUT2D eigenvalue weighted by molar-refractivity contribution is 5.94. The van der Waals surface area contributed by atoms with Crippen molar-refractivity contribution in [3.05, 3.63) is 29.8 Å². The average molecular weight is 346 g/mol. The van der Waals surface area contributed by atoms with Gasteiger partial charge in [0, 0.05) is 30.9 Å². The molecule has 3 rings (SSSR count). The van der Waals surface area contributed by atoms with E-state index in [1.54, 1.807) is 0 Å². The molecule has 2 heterocycles. The fraction of sp³-hybridized carbons (Fsp3) is 0.650. The average Bonchev–Trinajstić information content (AvgIpc) is 2.62. The Morgan fingerprint density at radius 3 is 2.52 bits per heavy atom. The Balaban J connectivity index is 1.67. The number of aliphatic hydroxyl groups is 1. The maximum atomic E-state index is 12.9. The number of hydrogen-bond acceptors (Lipinski definition) is 4. The van der Waals surface area contributed by atoms with Crippen LogP contribution in [0.2, 0.25) is 0 Å². The van der Waals surface area contributed by atoms with Gasteiger partial charge in [-0.15, -0.1) is 0 Å². The summed E-state index contributed by atoms with van der Waals surface area (Å²) in [6, 6.07) is 8.10. The van der Waals surface area contributed by atoms with Crippen molar-refractivity contribution in [3.63, 3.8) is 0 Å². The second-order valence-corrected chi connectivity index (χ2v) is 7.62. The molecule has 1 aromatic rings. The zero-order valence-corrected chi connectivity index (χ0v) is 15.4. The third-order valence-corrected chi connectivity index (χ3v) is 5.18. The Kier molecular flexibility index (Phi) is 5.97. The number of amides is 1. The Labute approximate surface area is 150 Å². The van der Waals surface area contributed by atoms with E-state index in [-0.39, 0.29) is 18.1 Å². The number of aliphatic hydroxyl groups excluding tert-OH is 1.